The number of carbonyl (C=O) groups excluding carboxylic acids is 1. The van der Waals surface area contributed by atoms with Gasteiger partial charge in [0.25, 0.3) is 0 Å². The minimum absolute atomic E-state index is 0.0982. The lowest BCUT2D eigenvalue weighted by Crippen LogP contribution is -2.79. The van der Waals surface area contributed by atoms with Crippen LogP contribution in [0.1, 0.15) is 25.8 Å². The molecule has 3 rings (SSSR count). The molecule has 1 aromatic rings. The first-order valence-corrected chi connectivity index (χ1v) is 8.34. The van der Waals surface area contributed by atoms with Crippen molar-refractivity contribution in [2.24, 2.45) is 17.1 Å². The zero-order valence-corrected chi connectivity index (χ0v) is 14.7. The number of hydrogen-bond acceptors (Lipinski definition) is 3. The molecule has 0 spiro atoms. The lowest BCUT2D eigenvalue weighted by atomic mass is 9.48. The molecule has 21 heavy (non-hydrogen) atoms. The van der Waals surface area contributed by atoms with E-state index in [-0.39, 0.29) is 23.3 Å². The standard InChI is InChI=1S/C16H21IN2O2/c1-9-4-5-10(8-12(9)17)19-14(20)16(18)11-6-7-21-13(11)15(16,2)3/h4-5,8,11,13H,6-7,18H2,1-3H3,(H,19,20). The van der Waals surface area contributed by atoms with E-state index in [0.29, 0.717) is 6.61 Å². The Labute approximate surface area is 138 Å². The van der Waals surface area contributed by atoms with Crippen LogP contribution in [0.4, 0.5) is 5.69 Å². The van der Waals surface area contributed by atoms with Crippen LogP contribution in [0.3, 0.4) is 0 Å². The summed E-state index contributed by atoms with van der Waals surface area (Å²) in [6.45, 7) is 6.80. The molecule has 1 aromatic carbocycles. The third-order valence-corrected chi connectivity index (χ3v) is 6.42. The molecule has 0 bridgehead atoms. The molecule has 1 heterocycles. The van der Waals surface area contributed by atoms with Crippen LogP contribution in [0.25, 0.3) is 0 Å². The number of aryl methyl sites for hydroxylation is 1. The molecule has 2 aliphatic rings. The second-order valence-corrected chi connectivity index (χ2v) is 7.86. The molecule has 5 heteroatoms. The van der Waals surface area contributed by atoms with E-state index in [2.05, 4.69) is 27.9 Å². The monoisotopic (exact) mass is 400 g/mol. The van der Waals surface area contributed by atoms with Crippen molar-refractivity contribution in [2.75, 3.05) is 11.9 Å². The van der Waals surface area contributed by atoms with E-state index >= 15 is 0 Å². The number of rotatable bonds is 2. The summed E-state index contributed by atoms with van der Waals surface area (Å²) in [6, 6.07) is 5.91. The first-order valence-electron chi connectivity index (χ1n) is 7.26. The van der Waals surface area contributed by atoms with Crippen molar-refractivity contribution in [3.63, 3.8) is 0 Å². The number of fused-ring (bicyclic) bond motifs is 1. The summed E-state index contributed by atoms with van der Waals surface area (Å²) < 4.78 is 6.87. The van der Waals surface area contributed by atoms with Gasteiger partial charge >= 0.3 is 0 Å². The highest BCUT2D eigenvalue weighted by molar-refractivity contribution is 14.1. The number of nitrogens with two attached hydrogens (primary N) is 1. The molecule has 3 unspecified atom stereocenters. The fourth-order valence-corrected chi connectivity index (χ4v) is 4.27. The Morgan fingerprint density at radius 1 is 1.48 bits per heavy atom. The molecule has 114 valence electrons. The summed E-state index contributed by atoms with van der Waals surface area (Å²) in [7, 11) is 0. The van der Waals surface area contributed by atoms with Gasteiger partial charge in [-0.05, 0) is 53.6 Å². The molecule has 1 aliphatic heterocycles. The molecule has 1 aliphatic carbocycles. The van der Waals surface area contributed by atoms with Crippen LogP contribution in [0, 0.1) is 21.8 Å². The van der Waals surface area contributed by atoms with Crippen molar-refractivity contribution in [3.05, 3.63) is 27.3 Å². The summed E-state index contributed by atoms with van der Waals surface area (Å²) >= 11 is 2.27. The summed E-state index contributed by atoms with van der Waals surface area (Å²) in [5.41, 5.74) is 7.34. The maximum absolute atomic E-state index is 12.8. The smallest absolute Gasteiger partial charge is 0.245 e. The molecular formula is C16H21IN2O2. The van der Waals surface area contributed by atoms with Gasteiger partial charge in [0.15, 0.2) is 0 Å². The molecule has 0 radical (unpaired) electrons. The zero-order chi connectivity index (χ0) is 15.4. The number of carbonyl (C=O) groups is 1. The molecule has 1 amide bonds. The Morgan fingerprint density at radius 2 is 2.19 bits per heavy atom. The Kier molecular flexibility index (Phi) is 3.58. The zero-order valence-electron chi connectivity index (χ0n) is 12.6. The van der Waals surface area contributed by atoms with Crippen LogP contribution in [0.5, 0.6) is 0 Å². The van der Waals surface area contributed by atoms with E-state index in [1.807, 2.05) is 39.0 Å². The van der Waals surface area contributed by atoms with Crippen molar-refractivity contribution in [3.8, 4) is 0 Å². The van der Waals surface area contributed by atoms with Gasteiger partial charge in [0.1, 0.15) is 5.54 Å². The average Bonchev–Trinajstić information content (AvgIpc) is 2.90. The van der Waals surface area contributed by atoms with E-state index in [9.17, 15) is 4.79 Å². The van der Waals surface area contributed by atoms with Gasteiger partial charge in [-0.2, -0.15) is 0 Å². The number of ether oxygens (including phenoxy) is 1. The third-order valence-electron chi connectivity index (χ3n) is 5.26. The average molecular weight is 400 g/mol. The van der Waals surface area contributed by atoms with Gasteiger partial charge < -0.3 is 15.8 Å². The fraction of sp³-hybridized carbons (Fsp3) is 0.562. The van der Waals surface area contributed by atoms with E-state index in [4.69, 9.17) is 10.5 Å². The van der Waals surface area contributed by atoms with E-state index in [1.54, 1.807) is 0 Å². The van der Waals surface area contributed by atoms with Crippen LogP contribution >= 0.6 is 22.6 Å². The predicted molar refractivity (Wildman–Crippen MR) is 91.1 cm³/mol. The highest BCUT2D eigenvalue weighted by atomic mass is 127. The first-order chi connectivity index (χ1) is 9.78. The second-order valence-electron chi connectivity index (χ2n) is 6.70. The number of anilines is 1. The lowest BCUT2D eigenvalue weighted by molar-refractivity contribution is -0.170. The van der Waals surface area contributed by atoms with Crippen molar-refractivity contribution < 1.29 is 9.53 Å². The molecule has 2 fully saturated rings. The van der Waals surface area contributed by atoms with Crippen LogP contribution in [-0.4, -0.2) is 24.2 Å². The molecule has 3 N–H and O–H groups in total. The summed E-state index contributed by atoms with van der Waals surface area (Å²) in [4.78, 5) is 12.8. The largest absolute Gasteiger partial charge is 0.377 e. The minimum Gasteiger partial charge on any atom is -0.377 e. The number of nitrogens with one attached hydrogen (secondary N) is 1. The summed E-state index contributed by atoms with van der Waals surface area (Å²) in [6.07, 6.45) is 0.968. The third kappa shape index (κ3) is 2.04. The Bertz CT molecular complexity index is 602. The number of benzene rings is 1. The SMILES string of the molecule is Cc1ccc(NC(=O)C2(N)C3CCOC3C2(C)C)cc1I. The highest BCUT2D eigenvalue weighted by Crippen LogP contribution is 2.58. The Hall–Kier alpha value is -0.660. The van der Waals surface area contributed by atoms with E-state index < -0.39 is 5.54 Å². The van der Waals surface area contributed by atoms with Gasteiger partial charge in [-0.25, -0.2) is 0 Å². The van der Waals surface area contributed by atoms with E-state index in [0.717, 1.165) is 15.7 Å². The van der Waals surface area contributed by atoms with Gasteiger partial charge in [-0.3, -0.25) is 4.79 Å². The van der Waals surface area contributed by atoms with Crippen LogP contribution in [0.2, 0.25) is 0 Å². The first kappa shape index (κ1) is 15.2. The lowest BCUT2D eigenvalue weighted by Gasteiger charge is -2.60. The molecule has 1 saturated carbocycles. The maximum atomic E-state index is 12.8. The predicted octanol–water partition coefficient (Wildman–Crippen LogP) is 2.68. The maximum Gasteiger partial charge on any atom is 0.245 e. The normalized spacial score (nSPS) is 33.2. The van der Waals surface area contributed by atoms with Gasteiger partial charge in [-0.15, -0.1) is 0 Å². The van der Waals surface area contributed by atoms with Crippen molar-refractivity contribution in [1.82, 2.24) is 0 Å². The van der Waals surface area contributed by atoms with Crippen molar-refractivity contribution in [1.29, 1.82) is 0 Å². The fourth-order valence-electron chi connectivity index (χ4n) is 3.75. The minimum atomic E-state index is -0.857. The molecule has 3 atom stereocenters. The van der Waals surface area contributed by atoms with Crippen LogP contribution in [0.15, 0.2) is 18.2 Å². The number of amides is 1. The molecule has 0 aromatic heterocycles. The van der Waals surface area contributed by atoms with E-state index in [1.165, 1.54) is 5.56 Å². The van der Waals surface area contributed by atoms with Gasteiger partial charge in [0.2, 0.25) is 5.91 Å². The molecule has 1 saturated heterocycles. The molecule has 4 nitrogen and oxygen atoms in total. The van der Waals surface area contributed by atoms with Gasteiger partial charge in [0, 0.05) is 27.2 Å². The number of hydrogen-bond donors (Lipinski definition) is 2. The van der Waals surface area contributed by atoms with Gasteiger partial charge in [0.05, 0.1) is 6.10 Å². The van der Waals surface area contributed by atoms with Crippen molar-refractivity contribution >= 4 is 34.2 Å². The highest BCUT2D eigenvalue weighted by Gasteiger charge is 2.71. The summed E-state index contributed by atoms with van der Waals surface area (Å²) in [5.74, 6) is 0.0240. The van der Waals surface area contributed by atoms with Crippen LogP contribution < -0.4 is 11.1 Å². The van der Waals surface area contributed by atoms with Gasteiger partial charge in [-0.1, -0.05) is 19.9 Å². The van der Waals surface area contributed by atoms with Crippen LogP contribution in [-0.2, 0) is 9.53 Å². The second kappa shape index (κ2) is 4.93. The van der Waals surface area contributed by atoms with Crippen molar-refractivity contribution in [2.45, 2.75) is 38.8 Å². The number of halogens is 1. The summed E-state index contributed by atoms with van der Waals surface area (Å²) in [5, 5.41) is 3.00. The Balaban J connectivity index is 1.83. The Morgan fingerprint density at radius 3 is 2.86 bits per heavy atom. The topological polar surface area (TPSA) is 64.4 Å². The molecular weight excluding hydrogens is 379 g/mol. The quantitative estimate of drug-likeness (QED) is 0.751.